The van der Waals surface area contributed by atoms with E-state index in [-0.39, 0.29) is 17.2 Å². The van der Waals surface area contributed by atoms with E-state index in [9.17, 15) is 9.18 Å². The predicted molar refractivity (Wildman–Crippen MR) is 77.0 cm³/mol. The molecule has 0 aromatic heterocycles. The van der Waals surface area contributed by atoms with Crippen LogP contribution in [-0.4, -0.2) is 18.6 Å². The molecule has 1 saturated carbocycles. The summed E-state index contributed by atoms with van der Waals surface area (Å²) in [5.41, 5.74) is -0.225. The molecule has 110 valence electrons. The van der Waals surface area contributed by atoms with Crippen molar-refractivity contribution in [3.8, 4) is 0 Å². The third-order valence-electron chi connectivity index (χ3n) is 4.49. The van der Waals surface area contributed by atoms with E-state index < -0.39 is 5.54 Å². The fraction of sp³-hybridized carbons (Fsp3) is 0.562. The largest absolute Gasteiger partial charge is 0.467 e. The number of hydrogen-bond donors (Lipinski definition) is 1. The van der Waals surface area contributed by atoms with Crippen molar-refractivity contribution >= 4 is 11.7 Å². The summed E-state index contributed by atoms with van der Waals surface area (Å²) >= 11 is 0. The van der Waals surface area contributed by atoms with Gasteiger partial charge in [-0.2, -0.15) is 0 Å². The minimum Gasteiger partial charge on any atom is -0.467 e. The first-order valence-corrected chi connectivity index (χ1v) is 7.03. The molecule has 1 aromatic carbocycles. The molecule has 1 fully saturated rings. The van der Waals surface area contributed by atoms with Crippen LogP contribution in [0.3, 0.4) is 0 Å². The Morgan fingerprint density at radius 3 is 2.35 bits per heavy atom. The topological polar surface area (TPSA) is 38.3 Å². The molecule has 0 radical (unpaired) electrons. The fourth-order valence-corrected chi connectivity index (χ4v) is 3.12. The summed E-state index contributed by atoms with van der Waals surface area (Å²) in [6.45, 7) is 4.17. The van der Waals surface area contributed by atoms with Gasteiger partial charge >= 0.3 is 5.97 Å². The molecule has 20 heavy (non-hydrogen) atoms. The number of methoxy groups -OCH3 is 1. The summed E-state index contributed by atoms with van der Waals surface area (Å²) in [5, 5.41) is 3.32. The summed E-state index contributed by atoms with van der Waals surface area (Å²) in [7, 11) is 1.42. The normalized spacial score (nSPS) is 25.0. The van der Waals surface area contributed by atoms with Crippen molar-refractivity contribution < 1.29 is 13.9 Å². The van der Waals surface area contributed by atoms with E-state index in [2.05, 4.69) is 19.2 Å². The van der Waals surface area contributed by atoms with E-state index in [1.54, 1.807) is 12.1 Å². The number of benzene rings is 1. The molecule has 1 atom stereocenters. The zero-order valence-electron chi connectivity index (χ0n) is 12.3. The van der Waals surface area contributed by atoms with Gasteiger partial charge < -0.3 is 10.1 Å². The Balaban J connectivity index is 2.36. The van der Waals surface area contributed by atoms with Crippen molar-refractivity contribution in [2.45, 2.75) is 45.1 Å². The van der Waals surface area contributed by atoms with E-state index in [1.165, 1.54) is 19.2 Å². The maximum Gasteiger partial charge on any atom is 0.332 e. The molecule has 0 aliphatic heterocycles. The second kappa shape index (κ2) is 5.43. The smallest absolute Gasteiger partial charge is 0.332 e. The van der Waals surface area contributed by atoms with Gasteiger partial charge in [0, 0.05) is 5.69 Å². The Morgan fingerprint density at radius 1 is 1.20 bits per heavy atom. The molecule has 2 rings (SSSR count). The van der Waals surface area contributed by atoms with Crippen LogP contribution in [0.5, 0.6) is 0 Å². The van der Waals surface area contributed by atoms with Crippen LogP contribution < -0.4 is 5.32 Å². The molecule has 1 aromatic rings. The number of ether oxygens (including phenoxy) is 1. The van der Waals surface area contributed by atoms with Crippen LogP contribution in [0.2, 0.25) is 0 Å². The number of esters is 1. The lowest BCUT2D eigenvalue weighted by Gasteiger charge is -2.48. The predicted octanol–water partition coefficient (Wildman–Crippen LogP) is 3.75. The molecule has 1 aliphatic carbocycles. The van der Waals surface area contributed by atoms with Gasteiger partial charge in [-0.15, -0.1) is 0 Å². The third-order valence-corrected chi connectivity index (χ3v) is 4.49. The summed E-state index contributed by atoms with van der Waals surface area (Å²) in [4.78, 5) is 12.4. The average molecular weight is 279 g/mol. The molecule has 1 N–H and O–H groups in total. The third kappa shape index (κ3) is 2.51. The Morgan fingerprint density at radius 2 is 1.80 bits per heavy atom. The summed E-state index contributed by atoms with van der Waals surface area (Å²) < 4.78 is 18.1. The minimum absolute atomic E-state index is 0.216. The lowest BCUT2D eigenvalue weighted by atomic mass is 9.63. The average Bonchev–Trinajstić information content (AvgIpc) is 2.42. The van der Waals surface area contributed by atoms with Gasteiger partial charge in [0.2, 0.25) is 0 Å². The monoisotopic (exact) mass is 279 g/mol. The summed E-state index contributed by atoms with van der Waals surface area (Å²) in [6, 6.07) is 6.10. The standard InChI is InChI=1S/C16H22FNO2/c1-15(2)10-4-5-11-16(15,14(19)20-3)18-13-8-6-12(17)7-9-13/h6-9,18H,4-5,10-11H2,1-3H3. The highest BCUT2D eigenvalue weighted by Gasteiger charge is 2.53. The molecule has 1 unspecified atom stereocenters. The molecule has 4 heteroatoms. The van der Waals surface area contributed by atoms with Crippen LogP contribution >= 0.6 is 0 Å². The number of anilines is 1. The number of carbonyl (C=O) groups excluding carboxylic acids is 1. The Labute approximate surface area is 119 Å². The number of nitrogens with one attached hydrogen (secondary N) is 1. The number of hydrogen-bond acceptors (Lipinski definition) is 3. The molecule has 0 bridgehead atoms. The summed E-state index contributed by atoms with van der Waals surface area (Å²) in [6.07, 6.45) is 3.77. The fourth-order valence-electron chi connectivity index (χ4n) is 3.12. The van der Waals surface area contributed by atoms with E-state index in [1.807, 2.05) is 0 Å². The van der Waals surface area contributed by atoms with Crippen molar-refractivity contribution in [1.82, 2.24) is 0 Å². The highest BCUT2D eigenvalue weighted by atomic mass is 19.1. The van der Waals surface area contributed by atoms with Crippen LogP contribution in [0.4, 0.5) is 10.1 Å². The van der Waals surface area contributed by atoms with Crippen molar-refractivity contribution in [2.24, 2.45) is 5.41 Å². The first-order chi connectivity index (χ1) is 9.41. The van der Waals surface area contributed by atoms with Gasteiger partial charge in [-0.1, -0.05) is 26.7 Å². The maximum absolute atomic E-state index is 13.0. The van der Waals surface area contributed by atoms with Gasteiger partial charge in [0.15, 0.2) is 0 Å². The first kappa shape index (κ1) is 14.8. The van der Waals surface area contributed by atoms with Gasteiger partial charge in [-0.25, -0.2) is 9.18 Å². The molecule has 0 amide bonds. The van der Waals surface area contributed by atoms with Crippen LogP contribution in [0, 0.1) is 11.2 Å². The molecule has 1 aliphatic rings. The van der Waals surface area contributed by atoms with Gasteiger partial charge in [0.25, 0.3) is 0 Å². The van der Waals surface area contributed by atoms with Crippen LogP contribution in [0.1, 0.15) is 39.5 Å². The van der Waals surface area contributed by atoms with Crippen molar-refractivity contribution in [2.75, 3.05) is 12.4 Å². The number of carbonyl (C=O) groups is 1. The van der Waals surface area contributed by atoms with Gasteiger partial charge in [0.05, 0.1) is 7.11 Å². The Hall–Kier alpha value is -1.58. The second-order valence-corrected chi connectivity index (χ2v) is 6.12. The van der Waals surface area contributed by atoms with Gasteiger partial charge in [0.1, 0.15) is 11.4 Å². The van der Waals surface area contributed by atoms with Crippen molar-refractivity contribution in [3.63, 3.8) is 0 Å². The van der Waals surface area contributed by atoms with E-state index >= 15 is 0 Å². The quantitative estimate of drug-likeness (QED) is 0.856. The van der Waals surface area contributed by atoms with Crippen LogP contribution in [0.15, 0.2) is 24.3 Å². The van der Waals surface area contributed by atoms with E-state index in [0.29, 0.717) is 0 Å². The highest BCUT2D eigenvalue weighted by molar-refractivity contribution is 5.86. The Bertz CT molecular complexity index is 484. The lowest BCUT2D eigenvalue weighted by Crippen LogP contribution is -2.59. The van der Waals surface area contributed by atoms with Crippen LogP contribution in [-0.2, 0) is 9.53 Å². The minimum atomic E-state index is -0.752. The molecule has 0 heterocycles. The Kier molecular flexibility index (Phi) is 4.02. The van der Waals surface area contributed by atoms with Gasteiger partial charge in [-0.05, 0) is 42.5 Å². The number of rotatable bonds is 3. The summed E-state index contributed by atoms with van der Waals surface area (Å²) in [5.74, 6) is -0.530. The number of halogens is 1. The zero-order valence-corrected chi connectivity index (χ0v) is 12.3. The second-order valence-electron chi connectivity index (χ2n) is 6.12. The van der Waals surface area contributed by atoms with E-state index in [4.69, 9.17) is 4.74 Å². The maximum atomic E-state index is 13.0. The molecule has 0 saturated heterocycles. The van der Waals surface area contributed by atoms with Crippen LogP contribution in [0.25, 0.3) is 0 Å². The first-order valence-electron chi connectivity index (χ1n) is 7.03. The zero-order chi connectivity index (χ0) is 14.8. The molecular formula is C16H22FNO2. The molecule has 0 spiro atoms. The SMILES string of the molecule is COC(=O)C1(Nc2ccc(F)cc2)CCCCC1(C)C. The van der Waals surface area contributed by atoms with Crippen molar-refractivity contribution in [1.29, 1.82) is 0 Å². The molecular weight excluding hydrogens is 257 g/mol. The molecule has 3 nitrogen and oxygen atoms in total. The van der Waals surface area contributed by atoms with Gasteiger partial charge in [-0.3, -0.25) is 0 Å². The lowest BCUT2D eigenvalue weighted by molar-refractivity contribution is -0.152. The highest BCUT2D eigenvalue weighted by Crippen LogP contribution is 2.46. The van der Waals surface area contributed by atoms with E-state index in [0.717, 1.165) is 31.4 Å². The van der Waals surface area contributed by atoms with Crippen molar-refractivity contribution in [3.05, 3.63) is 30.1 Å².